The molecule has 4 aromatic rings. The maximum Gasteiger partial charge on any atom is 0.417 e. The highest BCUT2D eigenvalue weighted by Crippen LogP contribution is 2.44. The maximum absolute atomic E-state index is 14.4. The van der Waals surface area contributed by atoms with Gasteiger partial charge in [0.15, 0.2) is 11.5 Å². The number of cyclic esters (lactones) is 1. The number of imide groups is 1. The van der Waals surface area contributed by atoms with Crippen molar-refractivity contribution in [2.24, 2.45) is 0 Å². The summed E-state index contributed by atoms with van der Waals surface area (Å²) >= 11 is 0. The molecule has 2 heterocycles. The van der Waals surface area contributed by atoms with E-state index in [1.165, 1.54) is 6.92 Å². The van der Waals surface area contributed by atoms with Crippen LogP contribution in [0.4, 0.5) is 4.79 Å². The number of benzene rings is 3. The second-order valence-corrected chi connectivity index (χ2v) is 11.0. The Morgan fingerprint density at radius 2 is 1.59 bits per heavy atom. The Hall–Kier alpha value is -4.27. The van der Waals surface area contributed by atoms with E-state index in [2.05, 4.69) is 4.98 Å². The number of aliphatic hydroxyl groups excluding tert-OH is 1. The number of aliphatic hydroxyl groups is 1. The topological polar surface area (TPSA) is 102 Å². The molecule has 1 aromatic heterocycles. The van der Waals surface area contributed by atoms with Crippen LogP contribution < -0.4 is 0 Å². The van der Waals surface area contributed by atoms with Crippen LogP contribution in [0.5, 0.6) is 0 Å². The Kier molecular flexibility index (Phi) is 7.55. The zero-order valence-corrected chi connectivity index (χ0v) is 23.8. The van der Waals surface area contributed by atoms with E-state index >= 15 is 0 Å². The van der Waals surface area contributed by atoms with E-state index < -0.39 is 35.3 Å². The Balaban J connectivity index is 1.50. The number of hydrogen-bond donors (Lipinski definition) is 1. The van der Waals surface area contributed by atoms with Crippen LogP contribution in [0, 0.1) is 13.8 Å². The number of ether oxygens (including phenoxy) is 2. The van der Waals surface area contributed by atoms with Crippen LogP contribution in [0.3, 0.4) is 0 Å². The molecule has 0 radical (unpaired) electrons. The second kappa shape index (κ2) is 11.0. The number of carbonyl (C=O) groups excluding carboxylic acids is 2. The molecule has 0 unspecified atom stereocenters. The van der Waals surface area contributed by atoms with Crippen molar-refractivity contribution in [1.82, 2.24) is 9.88 Å². The molecule has 1 aliphatic rings. The van der Waals surface area contributed by atoms with Crippen molar-refractivity contribution in [1.29, 1.82) is 0 Å². The summed E-state index contributed by atoms with van der Waals surface area (Å²) < 4.78 is 17.5. The van der Waals surface area contributed by atoms with Gasteiger partial charge in [0.1, 0.15) is 29.2 Å². The standard InChI is InChI=1S/C33H34N2O6/c1-21-27(34-22(2)40-21)29(36)33(5,39-20-23-16-18-25(19-17-23)24-12-8-6-9-13-24)30(37)35-28(26-14-10-7-11-15-26)32(3,4)41-31(35)38/h6-19,28-29,36H,20H2,1-5H3/t28-,29-,33-/m0/s1. The summed E-state index contributed by atoms with van der Waals surface area (Å²) in [5, 5.41) is 11.7. The molecule has 8 heteroatoms. The number of aryl methyl sites for hydroxylation is 2. The minimum atomic E-state index is -1.92. The highest BCUT2D eigenvalue weighted by molar-refractivity contribution is 5.99. The molecular weight excluding hydrogens is 520 g/mol. The molecule has 0 aliphatic carbocycles. The van der Waals surface area contributed by atoms with Gasteiger partial charge in [-0.3, -0.25) is 4.79 Å². The van der Waals surface area contributed by atoms with Gasteiger partial charge in [-0.15, -0.1) is 0 Å². The van der Waals surface area contributed by atoms with E-state index in [1.807, 2.05) is 84.9 Å². The second-order valence-electron chi connectivity index (χ2n) is 11.0. The average molecular weight is 555 g/mol. The van der Waals surface area contributed by atoms with Crippen LogP contribution in [0.15, 0.2) is 89.3 Å². The minimum absolute atomic E-state index is 0.00741. The molecule has 0 spiro atoms. The van der Waals surface area contributed by atoms with Gasteiger partial charge >= 0.3 is 6.09 Å². The minimum Gasteiger partial charge on any atom is -0.446 e. The predicted molar refractivity (Wildman–Crippen MR) is 153 cm³/mol. The van der Waals surface area contributed by atoms with Crippen molar-refractivity contribution in [3.63, 3.8) is 0 Å². The summed E-state index contributed by atoms with van der Waals surface area (Å²) in [6.45, 7) is 8.29. The SMILES string of the molecule is Cc1nc([C@H](O)[C@](C)(OCc2ccc(-c3ccccc3)cc2)C(=O)N2C(=O)OC(C)(C)[C@@H]2c2ccccc2)c(C)o1. The zero-order chi connectivity index (χ0) is 29.4. The molecule has 1 aliphatic heterocycles. The summed E-state index contributed by atoms with van der Waals surface area (Å²) in [7, 11) is 0. The van der Waals surface area contributed by atoms with E-state index in [0.29, 0.717) is 11.7 Å². The van der Waals surface area contributed by atoms with Gasteiger partial charge in [-0.1, -0.05) is 84.9 Å². The van der Waals surface area contributed by atoms with Gasteiger partial charge in [-0.25, -0.2) is 14.7 Å². The Morgan fingerprint density at radius 3 is 2.17 bits per heavy atom. The van der Waals surface area contributed by atoms with E-state index in [-0.39, 0.29) is 12.3 Å². The van der Waals surface area contributed by atoms with Gasteiger partial charge in [0, 0.05) is 6.92 Å². The smallest absolute Gasteiger partial charge is 0.417 e. The lowest BCUT2D eigenvalue weighted by atomic mass is 9.88. The molecule has 2 amide bonds. The number of aromatic nitrogens is 1. The fourth-order valence-corrected chi connectivity index (χ4v) is 5.35. The van der Waals surface area contributed by atoms with Crippen molar-refractivity contribution in [2.45, 2.75) is 64.6 Å². The predicted octanol–water partition coefficient (Wildman–Crippen LogP) is 6.47. The highest BCUT2D eigenvalue weighted by atomic mass is 16.6. The van der Waals surface area contributed by atoms with Crippen molar-refractivity contribution in [2.75, 3.05) is 0 Å². The largest absolute Gasteiger partial charge is 0.446 e. The molecule has 1 fully saturated rings. The summed E-state index contributed by atoms with van der Waals surface area (Å²) in [5.74, 6) is -0.0455. The lowest BCUT2D eigenvalue weighted by Crippen LogP contribution is -2.54. The Bertz CT molecular complexity index is 1530. The number of rotatable bonds is 8. The molecule has 5 rings (SSSR count). The van der Waals surface area contributed by atoms with Crippen LogP contribution >= 0.6 is 0 Å². The normalized spacial score (nSPS) is 18.5. The Labute approximate surface area is 239 Å². The molecule has 3 atom stereocenters. The van der Waals surface area contributed by atoms with Gasteiger partial charge in [-0.05, 0) is 49.9 Å². The van der Waals surface area contributed by atoms with Gasteiger partial charge in [0.2, 0.25) is 0 Å². The van der Waals surface area contributed by atoms with E-state index in [4.69, 9.17) is 13.9 Å². The number of carbonyl (C=O) groups is 2. The molecular formula is C33H34N2O6. The maximum atomic E-state index is 14.4. The summed E-state index contributed by atoms with van der Waals surface area (Å²) in [4.78, 5) is 33.1. The fraction of sp³-hybridized carbons (Fsp3) is 0.303. The number of amides is 2. The molecule has 0 bridgehead atoms. The highest BCUT2D eigenvalue weighted by Gasteiger charge is 2.57. The van der Waals surface area contributed by atoms with Crippen molar-refractivity contribution < 1.29 is 28.6 Å². The fourth-order valence-electron chi connectivity index (χ4n) is 5.35. The number of hydrogen-bond acceptors (Lipinski definition) is 7. The van der Waals surface area contributed by atoms with Crippen LogP contribution in [0.25, 0.3) is 11.1 Å². The van der Waals surface area contributed by atoms with Gasteiger partial charge in [-0.2, -0.15) is 0 Å². The number of oxazole rings is 1. The molecule has 41 heavy (non-hydrogen) atoms. The quantitative estimate of drug-likeness (QED) is 0.266. The van der Waals surface area contributed by atoms with E-state index in [1.54, 1.807) is 27.7 Å². The van der Waals surface area contributed by atoms with Crippen molar-refractivity contribution in [3.8, 4) is 11.1 Å². The third-order valence-corrected chi connectivity index (χ3v) is 7.54. The zero-order valence-electron chi connectivity index (χ0n) is 23.8. The summed E-state index contributed by atoms with van der Waals surface area (Å²) in [5.41, 5.74) is 0.850. The summed E-state index contributed by atoms with van der Waals surface area (Å²) in [6, 6.07) is 26.2. The van der Waals surface area contributed by atoms with Crippen LogP contribution in [0.2, 0.25) is 0 Å². The summed E-state index contributed by atoms with van der Waals surface area (Å²) in [6.07, 6.45) is -2.35. The van der Waals surface area contributed by atoms with Crippen LogP contribution in [-0.4, -0.2) is 38.2 Å². The van der Waals surface area contributed by atoms with Crippen molar-refractivity contribution >= 4 is 12.0 Å². The van der Waals surface area contributed by atoms with Gasteiger partial charge < -0.3 is 19.0 Å². The third kappa shape index (κ3) is 5.40. The molecule has 1 saturated heterocycles. The van der Waals surface area contributed by atoms with Gasteiger partial charge in [0.25, 0.3) is 5.91 Å². The first-order valence-corrected chi connectivity index (χ1v) is 13.5. The van der Waals surface area contributed by atoms with Crippen LogP contribution in [-0.2, 0) is 20.9 Å². The first-order chi connectivity index (χ1) is 19.5. The molecule has 3 aromatic carbocycles. The lowest BCUT2D eigenvalue weighted by molar-refractivity contribution is -0.175. The van der Waals surface area contributed by atoms with Crippen molar-refractivity contribution in [3.05, 3.63) is 113 Å². The molecule has 212 valence electrons. The molecule has 8 nitrogen and oxygen atoms in total. The number of nitrogens with zero attached hydrogens (tertiary/aromatic N) is 2. The monoisotopic (exact) mass is 554 g/mol. The van der Waals surface area contributed by atoms with Gasteiger partial charge in [0.05, 0.1) is 6.61 Å². The van der Waals surface area contributed by atoms with E-state index in [9.17, 15) is 14.7 Å². The van der Waals surface area contributed by atoms with Crippen LogP contribution in [0.1, 0.15) is 61.4 Å². The molecule has 1 N–H and O–H groups in total. The third-order valence-electron chi connectivity index (χ3n) is 7.54. The molecule has 0 saturated carbocycles. The first kappa shape index (κ1) is 28.3. The lowest BCUT2D eigenvalue weighted by Gasteiger charge is -2.37. The Morgan fingerprint density at radius 1 is 1.00 bits per heavy atom. The van der Waals surface area contributed by atoms with E-state index in [0.717, 1.165) is 27.2 Å². The average Bonchev–Trinajstić information content (AvgIpc) is 3.44. The first-order valence-electron chi connectivity index (χ1n) is 13.5.